The highest BCUT2D eigenvalue weighted by Crippen LogP contribution is 2.30. The van der Waals surface area contributed by atoms with Crippen LogP contribution in [0.1, 0.15) is 23.6 Å². The van der Waals surface area contributed by atoms with Crippen LogP contribution in [0.2, 0.25) is 0 Å². The predicted octanol–water partition coefficient (Wildman–Crippen LogP) is 2.31. The third-order valence-corrected chi connectivity index (χ3v) is 3.94. The van der Waals surface area contributed by atoms with E-state index in [0.29, 0.717) is 18.7 Å². The Kier molecular flexibility index (Phi) is 4.06. The number of rotatable bonds is 3. The Balaban J connectivity index is 1.64. The number of likely N-dealkylation sites (tertiary alicyclic amines) is 1. The number of carbonyl (C=O) groups is 1. The Morgan fingerprint density at radius 1 is 1.35 bits per heavy atom. The number of hydrogen-bond donors (Lipinski definition) is 0. The third kappa shape index (κ3) is 3.52. The van der Waals surface area contributed by atoms with E-state index < -0.39 is 11.7 Å². The molecule has 0 radical (unpaired) electrons. The third-order valence-electron chi connectivity index (χ3n) is 3.94. The first kappa shape index (κ1) is 15.5. The molecule has 1 aliphatic heterocycles. The Hall–Kier alpha value is -2.38. The van der Waals surface area contributed by atoms with Crippen molar-refractivity contribution in [2.75, 3.05) is 13.1 Å². The first-order valence-corrected chi connectivity index (χ1v) is 7.23. The second-order valence-corrected chi connectivity index (χ2v) is 5.54. The quantitative estimate of drug-likeness (QED) is 0.870. The molecule has 1 fully saturated rings. The van der Waals surface area contributed by atoms with Crippen molar-refractivity contribution in [3.63, 3.8) is 0 Å². The highest BCUT2D eigenvalue weighted by Gasteiger charge is 2.31. The molecule has 1 aliphatic rings. The summed E-state index contributed by atoms with van der Waals surface area (Å²) in [5, 5.41) is 7.66. The second-order valence-electron chi connectivity index (χ2n) is 5.54. The number of alkyl halides is 3. The average molecular weight is 324 g/mol. The van der Waals surface area contributed by atoms with Gasteiger partial charge >= 0.3 is 6.18 Å². The van der Waals surface area contributed by atoms with Crippen LogP contribution in [0.5, 0.6) is 0 Å². The van der Waals surface area contributed by atoms with Crippen LogP contribution in [0.25, 0.3) is 0 Å². The van der Waals surface area contributed by atoms with Gasteiger partial charge in [-0.25, -0.2) is 4.68 Å². The van der Waals surface area contributed by atoms with E-state index >= 15 is 0 Å². The Labute approximate surface area is 130 Å². The number of nitrogens with zero attached hydrogens (tertiary/aromatic N) is 4. The molecule has 1 aromatic carbocycles. The lowest BCUT2D eigenvalue weighted by atomic mass is 10.1. The SMILES string of the molecule is O=C(Cc1cccc(C(F)(F)F)c1)N1CC[C@@H](n2ccnn2)C1. The van der Waals surface area contributed by atoms with Crippen LogP contribution >= 0.6 is 0 Å². The molecule has 0 spiro atoms. The molecule has 1 atom stereocenters. The molecule has 1 aromatic heterocycles. The van der Waals surface area contributed by atoms with Crippen molar-refractivity contribution in [2.45, 2.75) is 25.1 Å². The van der Waals surface area contributed by atoms with Crippen molar-refractivity contribution in [2.24, 2.45) is 0 Å². The molecule has 0 aliphatic carbocycles. The zero-order chi connectivity index (χ0) is 16.4. The molecule has 3 rings (SSSR count). The van der Waals surface area contributed by atoms with Gasteiger partial charge in [0, 0.05) is 19.3 Å². The summed E-state index contributed by atoms with van der Waals surface area (Å²) < 4.78 is 39.8. The minimum atomic E-state index is -4.40. The topological polar surface area (TPSA) is 51.0 Å². The van der Waals surface area contributed by atoms with Gasteiger partial charge in [-0.15, -0.1) is 5.10 Å². The van der Waals surface area contributed by atoms with Gasteiger partial charge in [0.05, 0.1) is 24.2 Å². The van der Waals surface area contributed by atoms with E-state index in [-0.39, 0.29) is 18.4 Å². The summed E-state index contributed by atoms with van der Waals surface area (Å²) in [4.78, 5) is 13.9. The van der Waals surface area contributed by atoms with Gasteiger partial charge in [0.15, 0.2) is 0 Å². The van der Waals surface area contributed by atoms with Gasteiger partial charge in [-0.05, 0) is 18.1 Å². The fourth-order valence-corrected chi connectivity index (χ4v) is 2.74. The summed E-state index contributed by atoms with van der Waals surface area (Å²) >= 11 is 0. The molecule has 2 aromatic rings. The number of hydrogen-bond acceptors (Lipinski definition) is 3. The van der Waals surface area contributed by atoms with Crippen molar-refractivity contribution in [1.29, 1.82) is 0 Å². The van der Waals surface area contributed by atoms with E-state index in [1.165, 1.54) is 12.1 Å². The fraction of sp³-hybridized carbons (Fsp3) is 0.400. The zero-order valence-electron chi connectivity index (χ0n) is 12.2. The predicted molar refractivity (Wildman–Crippen MR) is 75.4 cm³/mol. The molecule has 0 N–H and O–H groups in total. The van der Waals surface area contributed by atoms with Crippen LogP contribution in [0.15, 0.2) is 36.7 Å². The van der Waals surface area contributed by atoms with Crippen molar-refractivity contribution < 1.29 is 18.0 Å². The fourth-order valence-electron chi connectivity index (χ4n) is 2.74. The lowest BCUT2D eigenvalue weighted by Gasteiger charge is -2.17. The molecule has 122 valence electrons. The Morgan fingerprint density at radius 3 is 2.87 bits per heavy atom. The van der Waals surface area contributed by atoms with Crippen molar-refractivity contribution in [3.8, 4) is 0 Å². The van der Waals surface area contributed by atoms with Gasteiger partial charge in [-0.1, -0.05) is 23.4 Å². The van der Waals surface area contributed by atoms with Crippen molar-refractivity contribution in [1.82, 2.24) is 19.9 Å². The maximum absolute atomic E-state index is 12.7. The van der Waals surface area contributed by atoms with Crippen LogP contribution in [-0.4, -0.2) is 38.9 Å². The van der Waals surface area contributed by atoms with Crippen LogP contribution in [0.4, 0.5) is 13.2 Å². The summed E-state index contributed by atoms with van der Waals surface area (Å²) in [6, 6.07) is 4.97. The van der Waals surface area contributed by atoms with Crippen LogP contribution in [0.3, 0.4) is 0 Å². The molecular weight excluding hydrogens is 309 g/mol. The maximum Gasteiger partial charge on any atom is 0.416 e. The van der Waals surface area contributed by atoms with Gasteiger partial charge < -0.3 is 4.90 Å². The summed E-state index contributed by atoms with van der Waals surface area (Å²) in [6.45, 7) is 1.07. The van der Waals surface area contributed by atoms with E-state index in [1.54, 1.807) is 22.0 Å². The van der Waals surface area contributed by atoms with Gasteiger partial charge in [0.25, 0.3) is 0 Å². The molecule has 1 saturated heterocycles. The zero-order valence-corrected chi connectivity index (χ0v) is 12.2. The lowest BCUT2D eigenvalue weighted by Crippen LogP contribution is -2.30. The molecular formula is C15H15F3N4O. The second kappa shape index (κ2) is 6.02. The molecule has 8 heteroatoms. The number of amides is 1. The Bertz CT molecular complexity index is 684. The van der Waals surface area contributed by atoms with Crippen LogP contribution in [0, 0.1) is 0 Å². The molecule has 23 heavy (non-hydrogen) atoms. The van der Waals surface area contributed by atoms with E-state index in [1.807, 2.05) is 0 Å². The minimum Gasteiger partial charge on any atom is -0.340 e. The monoisotopic (exact) mass is 324 g/mol. The minimum absolute atomic E-state index is 0.0337. The van der Waals surface area contributed by atoms with Gasteiger partial charge in [-0.3, -0.25) is 4.79 Å². The van der Waals surface area contributed by atoms with Crippen LogP contribution in [-0.2, 0) is 17.4 Å². The average Bonchev–Trinajstić information content (AvgIpc) is 3.18. The van der Waals surface area contributed by atoms with Gasteiger partial charge in [0.2, 0.25) is 5.91 Å². The van der Waals surface area contributed by atoms with Gasteiger partial charge in [0.1, 0.15) is 0 Å². The van der Waals surface area contributed by atoms with E-state index in [4.69, 9.17) is 0 Å². The Morgan fingerprint density at radius 2 is 2.17 bits per heavy atom. The first-order valence-electron chi connectivity index (χ1n) is 7.23. The maximum atomic E-state index is 12.7. The lowest BCUT2D eigenvalue weighted by molar-refractivity contribution is -0.138. The van der Waals surface area contributed by atoms with Crippen molar-refractivity contribution in [3.05, 3.63) is 47.8 Å². The largest absolute Gasteiger partial charge is 0.416 e. The highest BCUT2D eigenvalue weighted by atomic mass is 19.4. The number of carbonyl (C=O) groups excluding carboxylic acids is 1. The van der Waals surface area contributed by atoms with E-state index in [9.17, 15) is 18.0 Å². The smallest absolute Gasteiger partial charge is 0.340 e. The molecule has 5 nitrogen and oxygen atoms in total. The highest BCUT2D eigenvalue weighted by molar-refractivity contribution is 5.79. The molecule has 0 bridgehead atoms. The van der Waals surface area contributed by atoms with E-state index in [0.717, 1.165) is 18.6 Å². The molecule has 2 heterocycles. The molecule has 1 amide bonds. The summed E-state index contributed by atoms with van der Waals surface area (Å²) in [7, 11) is 0. The number of halogens is 3. The van der Waals surface area contributed by atoms with Crippen molar-refractivity contribution >= 4 is 5.91 Å². The first-order chi connectivity index (χ1) is 10.9. The van der Waals surface area contributed by atoms with Gasteiger partial charge in [-0.2, -0.15) is 13.2 Å². The summed E-state index contributed by atoms with van der Waals surface area (Å²) in [5.41, 5.74) is -0.362. The molecule has 0 unspecified atom stereocenters. The normalized spacial score (nSPS) is 18.4. The number of benzene rings is 1. The number of aromatic nitrogens is 3. The van der Waals surface area contributed by atoms with E-state index in [2.05, 4.69) is 10.3 Å². The summed E-state index contributed by atoms with van der Waals surface area (Å²) in [6.07, 6.45) is -0.352. The molecule has 0 saturated carbocycles. The summed E-state index contributed by atoms with van der Waals surface area (Å²) in [5.74, 6) is -0.174. The van der Waals surface area contributed by atoms with Crippen LogP contribution < -0.4 is 0 Å². The standard InChI is InChI=1S/C15H15F3N4O/c16-15(17,18)12-3-1-2-11(8-12)9-14(23)21-6-4-13(10-21)22-7-5-19-20-22/h1-3,5,7-8,13H,4,6,9-10H2/t13-/m1/s1.